The SMILES string of the molecule is CC1CC2(O)CC3CCC4CC1C(C2)C3C4. The van der Waals surface area contributed by atoms with Crippen LogP contribution in [0.5, 0.6) is 0 Å². The van der Waals surface area contributed by atoms with Crippen molar-refractivity contribution < 1.29 is 5.11 Å². The second-order valence-electron chi connectivity index (χ2n) is 7.48. The molecule has 0 aromatic carbocycles. The molecule has 4 aliphatic rings. The molecule has 7 unspecified atom stereocenters. The van der Waals surface area contributed by atoms with E-state index in [0.29, 0.717) is 0 Å². The van der Waals surface area contributed by atoms with Gasteiger partial charge in [0.1, 0.15) is 0 Å². The van der Waals surface area contributed by atoms with Gasteiger partial charge in [0.05, 0.1) is 5.60 Å². The summed E-state index contributed by atoms with van der Waals surface area (Å²) in [5.41, 5.74) is -0.258. The minimum absolute atomic E-state index is 0.258. The molecule has 0 amide bonds. The molecule has 16 heavy (non-hydrogen) atoms. The molecule has 7 atom stereocenters. The van der Waals surface area contributed by atoms with Gasteiger partial charge in [-0.1, -0.05) is 13.3 Å². The highest BCUT2D eigenvalue weighted by Crippen LogP contribution is 2.62. The Balaban J connectivity index is 1.75. The van der Waals surface area contributed by atoms with Crippen LogP contribution in [0.15, 0.2) is 0 Å². The van der Waals surface area contributed by atoms with Gasteiger partial charge in [0.25, 0.3) is 0 Å². The molecular formula is C15H24O. The summed E-state index contributed by atoms with van der Waals surface area (Å²) in [6.45, 7) is 2.41. The lowest BCUT2D eigenvalue weighted by Crippen LogP contribution is -2.57. The van der Waals surface area contributed by atoms with Crippen molar-refractivity contribution in [2.24, 2.45) is 35.5 Å². The van der Waals surface area contributed by atoms with Crippen LogP contribution in [0.25, 0.3) is 0 Å². The van der Waals surface area contributed by atoms with E-state index in [4.69, 9.17) is 0 Å². The molecule has 0 aromatic heterocycles. The molecule has 0 spiro atoms. The van der Waals surface area contributed by atoms with Crippen LogP contribution in [0.3, 0.4) is 0 Å². The van der Waals surface area contributed by atoms with Crippen LogP contribution < -0.4 is 0 Å². The number of hydrogen-bond donors (Lipinski definition) is 1. The Bertz CT molecular complexity index is 307. The topological polar surface area (TPSA) is 20.2 Å². The monoisotopic (exact) mass is 220 g/mol. The summed E-state index contributed by atoms with van der Waals surface area (Å²) >= 11 is 0. The molecule has 1 heteroatoms. The summed E-state index contributed by atoms with van der Waals surface area (Å²) in [5, 5.41) is 10.7. The van der Waals surface area contributed by atoms with Crippen molar-refractivity contribution in [3.8, 4) is 0 Å². The molecule has 0 aromatic rings. The highest BCUT2D eigenvalue weighted by atomic mass is 16.3. The molecule has 4 bridgehead atoms. The van der Waals surface area contributed by atoms with Crippen molar-refractivity contribution in [3.63, 3.8) is 0 Å². The van der Waals surface area contributed by atoms with Gasteiger partial charge in [-0.3, -0.25) is 0 Å². The molecule has 90 valence electrons. The average molecular weight is 220 g/mol. The van der Waals surface area contributed by atoms with E-state index >= 15 is 0 Å². The molecule has 4 rings (SSSR count). The van der Waals surface area contributed by atoms with E-state index in [2.05, 4.69) is 6.92 Å². The zero-order valence-electron chi connectivity index (χ0n) is 10.4. The fraction of sp³-hybridized carbons (Fsp3) is 1.00. The summed E-state index contributed by atoms with van der Waals surface area (Å²) in [5.74, 6) is 5.58. The first-order chi connectivity index (χ1) is 7.65. The average Bonchev–Trinajstić information content (AvgIpc) is 2.25. The third-order valence-electron chi connectivity index (χ3n) is 6.55. The quantitative estimate of drug-likeness (QED) is 0.664. The number of rotatable bonds is 0. The predicted octanol–water partition coefficient (Wildman–Crippen LogP) is 3.22. The highest BCUT2D eigenvalue weighted by Gasteiger charge is 2.56. The minimum atomic E-state index is -0.258. The van der Waals surface area contributed by atoms with E-state index in [1.807, 2.05) is 0 Å². The Morgan fingerprint density at radius 1 is 0.938 bits per heavy atom. The minimum Gasteiger partial charge on any atom is -0.390 e. The molecule has 0 radical (unpaired) electrons. The van der Waals surface area contributed by atoms with Crippen LogP contribution in [-0.2, 0) is 0 Å². The fourth-order valence-electron chi connectivity index (χ4n) is 6.11. The largest absolute Gasteiger partial charge is 0.390 e. The lowest BCUT2D eigenvalue weighted by Gasteiger charge is -2.61. The number of hydrogen-bond acceptors (Lipinski definition) is 1. The van der Waals surface area contributed by atoms with Crippen LogP contribution >= 0.6 is 0 Å². The summed E-state index contributed by atoms with van der Waals surface area (Å²) < 4.78 is 0. The maximum absolute atomic E-state index is 10.7. The first-order valence-corrected chi connectivity index (χ1v) is 7.37. The molecule has 4 saturated carbocycles. The molecule has 0 saturated heterocycles. The van der Waals surface area contributed by atoms with E-state index in [1.165, 1.54) is 25.7 Å². The van der Waals surface area contributed by atoms with Gasteiger partial charge in [-0.05, 0) is 74.0 Å². The fourth-order valence-corrected chi connectivity index (χ4v) is 6.11. The molecule has 1 N–H and O–H groups in total. The van der Waals surface area contributed by atoms with Crippen LogP contribution in [0.2, 0.25) is 0 Å². The predicted molar refractivity (Wildman–Crippen MR) is 63.9 cm³/mol. The molecule has 4 aliphatic carbocycles. The van der Waals surface area contributed by atoms with Gasteiger partial charge in [0, 0.05) is 0 Å². The normalized spacial score (nSPS) is 63.4. The second kappa shape index (κ2) is 3.04. The highest BCUT2D eigenvalue weighted by molar-refractivity contribution is 5.07. The van der Waals surface area contributed by atoms with Crippen molar-refractivity contribution in [2.45, 2.75) is 57.5 Å². The van der Waals surface area contributed by atoms with Gasteiger partial charge >= 0.3 is 0 Å². The number of aliphatic hydroxyl groups is 1. The summed E-state index contributed by atoms with van der Waals surface area (Å²) in [6.07, 6.45) is 9.28. The van der Waals surface area contributed by atoms with E-state index in [1.54, 1.807) is 0 Å². The van der Waals surface area contributed by atoms with Gasteiger partial charge in [0.2, 0.25) is 0 Å². The molecule has 0 aliphatic heterocycles. The van der Waals surface area contributed by atoms with E-state index in [-0.39, 0.29) is 5.60 Å². The van der Waals surface area contributed by atoms with Crippen molar-refractivity contribution >= 4 is 0 Å². The Hall–Kier alpha value is -0.0400. The van der Waals surface area contributed by atoms with Crippen molar-refractivity contribution in [2.75, 3.05) is 0 Å². The summed E-state index contributed by atoms with van der Waals surface area (Å²) in [4.78, 5) is 0. The molecule has 4 fully saturated rings. The Labute approximate surface area is 98.6 Å². The Kier molecular flexibility index (Phi) is 1.89. The zero-order valence-corrected chi connectivity index (χ0v) is 10.4. The van der Waals surface area contributed by atoms with Crippen molar-refractivity contribution in [3.05, 3.63) is 0 Å². The lowest BCUT2D eigenvalue weighted by molar-refractivity contribution is -0.168. The van der Waals surface area contributed by atoms with E-state index < -0.39 is 0 Å². The summed E-state index contributed by atoms with van der Waals surface area (Å²) in [7, 11) is 0. The van der Waals surface area contributed by atoms with E-state index in [9.17, 15) is 5.11 Å². The van der Waals surface area contributed by atoms with Crippen LogP contribution in [-0.4, -0.2) is 10.7 Å². The standard InChI is InChI=1S/C15H24O/c1-9-6-15(16)7-11-3-2-10-4-12(9)14(8-15)13(11)5-10/h9-14,16H,2-8H2,1H3. The van der Waals surface area contributed by atoms with Crippen LogP contribution in [0.1, 0.15) is 51.9 Å². The first kappa shape index (κ1) is 9.94. The lowest BCUT2D eigenvalue weighted by atomic mass is 9.46. The van der Waals surface area contributed by atoms with Gasteiger partial charge in [-0.15, -0.1) is 0 Å². The third kappa shape index (κ3) is 1.21. The third-order valence-corrected chi connectivity index (χ3v) is 6.55. The first-order valence-electron chi connectivity index (χ1n) is 7.37. The molecule has 1 nitrogen and oxygen atoms in total. The number of fused-ring (bicyclic) bond motifs is 2. The molecule has 0 heterocycles. The van der Waals surface area contributed by atoms with Gasteiger partial charge in [0.15, 0.2) is 0 Å². The van der Waals surface area contributed by atoms with Gasteiger partial charge < -0.3 is 5.11 Å². The Morgan fingerprint density at radius 2 is 1.75 bits per heavy atom. The maximum atomic E-state index is 10.7. The van der Waals surface area contributed by atoms with Crippen LogP contribution in [0.4, 0.5) is 0 Å². The molecular weight excluding hydrogens is 196 g/mol. The summed E-state index contributed by atoms with van der Waals surface area (Å²) in [6, 6.07) is 0. The zero-order chi connectivity index (χ0) is 10.9. The van der Waals surface area contributed by atoms with E-state index in [0.717, 1.165) is 54.8 Å². The maximum Gasteiger partial charge on any atom is 0.0656 e. The van der Waals surface area contributed by atoms with Crippen molar-refractivity contribution in [1.82, 2.24) is 0 Å². The van der Waals surface area contributed by atoms with Gasteiger partial charge in [-0.2, -0.15) is 0 Å². The second-order valence-corrected chi connectivity index (χ2v) is 7.48. The van der Waals surface area contributed by atoms with Crippen molar-refractivity contribution in [1.29, 1.82) is 0 Å². The Morgan fingerprint density at radius 3 is 2.62 bits per heavy atom. The van der Waals surface area contributed by atoms with Gasteiger partial charge in [-0.25, -0.2) is 0 Å². The van der Waals surface area contributed by atoms with Crippen LogP contribution in [0, 0.1) is 35.5 Å². The smallest absolute Gasteiger partial charge is 0.0656 e.